The molecule has 8 heteroatoms. The van der Waals surface area contributed by atoms with Crippen LogP contribution >= 0.6 is 0 Å². The predicted molar refractivity (Wildman–Crippen MR) is 115 cm³/mol. The van der Waals surface area contributed by atoms with E-state index in [2.05, 4.69) is 17.2 Å². The standard InChI is InChI=1S/C23H37NO7/c1-19(25)8-10-27-12-14-29-16-17-30-15-13-28-11-9-24-23(26)31-18-22-20-6-4-2-3-5-7-21(20)22/h20-22H,4-18H2,1H3,(H,24,26)/t20-,21+,22?. The first kappa shape index (κ1) is 25.6. The van der Waals surface area contributed by atoms with Crippen LogP contribution in [0.4, 0.5) is 4.79 Å². The van der Waals surface area contributed by atoms with Crippen LogP contribution in [0.2, 0.25) is 0 Å². The van der Waals surface area contributed by atoms with Crippen LogP contribution in [0.5, 0.6) is 0 Å². The lowest BCUT2D eigenvalue weighted by Crippen LogP contribution is -2.29. The van der Waals surface area contributed by atoms with Crippen molar-refractivity contribution in [2.24, 2.45) is 17.8 Å². The smallest absolute Gasteiger partial charge is 0.407 e. The predicted octanol–water partition coefficient (Wildman–Crippen LogP) is 2.20. The minimum absolute atomic E-state index is 0.125. The van der Waals surface area contributed by atoms with Crippen LogP contribution in [0.3, 0.4) is 0 Å². The molecule has 2 aliphatic rings. The topological polar surface area (TPSA) is 92.3 Å². The van der Waals surface area contributed by atoms with Crippen LogP contribution in [-0.2, 0) is 28.5 Å². The van der Waals surface area contributed by atoms with Gasteiger partial charge in [-0.25, -0.2) is 4.79 Å². The van der Waals surface area contributed by atoms with Crippen LogP contribution < -0.4 is 5.32 Å². The Morgan fingerprint density at radius 2 is 1.32 bits per heavy atom. The van der Waals surface area contributed by atoms with Gasteiger partial charge in [0.15, 0.2) is 0 Å². The normalized spacial score (nSPS) is 21.8. The first-order valence-corrected chi connectivity index (χ1v) is 11.3. The second-order valence-electron chi connectivity index (χ2n) is 7.85. The quantitative estimate of drug-likeness (QED) is 0.274. The lowest BCUT2D eigenvalue weighted by Gasteiger charge is -2.08. The molecule has 0 spiro atoms. The van der Waals surface area contributed by atoms with E-state index in [1.54, 1.807) is 6.92 Å². The molecule has 8 nitrogen and oxygen atoms in total. The van der Waals surface area contributed by atoms with Gasteiger partial charge in [0.05, 0.1) is 59.5 Å². The van der Waals surface area contributed by atoms with E-state index in [4.69, 9.17) is 23.7 Å². The number of carbonyl (C=O) groups is 2. The van der Waals surface area contributed by atoms with Crippen molar-refractivity contribution in [3.63, 3.8) is 0 Å². The first-order valence-electron chi connectivity index (χ1n) is 11.3. The van der Waals surface area contributed by atoms with Gasteiger partial charge in [0, 0.05) is 25.8 Å². The van der Waals surface area contributed by atoms with Gasteiger partial charge in [0.25, 0.3) is 0 Å². The molecular weight excluding hydrogens is 402 g/mol. The van der Waals surface area contributed by atoms with Crippen LogP contribution in [0.1, 0.15) is 39.0 Å². The van der Waals surface area contributed by atoms with Crippen molar-refractivity contribution in [1.82, 2.24) is 5.32 Å². The molecule has 2 aliphatic carbocycles. The van der Waals surface area contributed by atoms with Gasteiger partial charge in [-0.1, -0.05) is 0 Å². The molecule has 0 heterocycles. The summed E-state index contributed by atoms with van der Waals surface area (Å²) in [5.74, 6) is 8.37. The molecule has 1 fully saturated rings. The van der Waals surface area contributed by atoms with E-state index in [0.717, 1.165) is 25.7 Å². The molecular formula is C23H37NO7. The number of hydrogen-bond donors (Lipinski definition) is 1. The number of rotatable bonds is 17. The number of ether oxygens (including phenoxy) is 5. The highest BCUT2D eigenvalue weighted by molar-refractivity contribution is 5.75. The van der Waals surface area contributed by atoms with E-state index in [-0.39, 0.29) is 11.9 Å². The fourth-order valence-corrected chi connectivity index (χ4v) is 3.71. The fourth-order valence-electron chi connectivity index (χ4n) is 3.71. The van der Waals surface area contributed by atoms with Gasteiger partial charge < -0.3 is 29.0 Å². The Morgan fingerprint density at radius 3 is 1.87 bits per heavy atom. The zero-order valence-corrected chi connectivity index (χ0v) is 18.7. The van der Waals surface area contributed by atoms with Crippen molar-refractivity contribution >= 4 is 11.9 Å². The number of Topliss-reactive ketones (excluding diaryl/α,β-unsaturated/α-hetero) is 1. The van der Waals surface area contributed by atoms with E-state index in [1.165, 1.54) is 0 Å². The van der Waals surface area contributed by atoms with E-state index >= 15 is 0 Å². The van der Waals surface area contributed by atoms with Gasteiger partial charge in [-0.05, 0) is 37.5 Å². The van der Waals surface area contributed by atoms with Gasteiger partial charge in [0.2, 0.25) is 0 Å². The zero-order valence-electron chi connectivity index (χ0n) is 18.7. The second kappa shape index (κ2) is 16.0. The van der Waals surface area contributed by atoms with Crippen molar-refractivity contribution in [3.05, 3.63) is 0 Å². The van der Waals surface area contributed by atoms with Gasteiger partial charge in [0.1, 0.15) is 5.78 Å². The van der Waals surface area contributed by atoms with Crippen molar-refractivity contribution < 1.29 is 33.3 Å². The van der Waals surface area contributed by atoms with E-state index in [0.29, 0.717) is 90.2 Å². The summed E-state index contributed by atoms with van der Waals surface area (Å²) in [5, 5.41) is 2.72. The summed E-state index contributed by atoms with van der Waals surface area (Å²) in [6.07, 6.45) is 4.26. The molecule has 176 valence electrons. The van der Waals surface area contributed by atoms with E-state index in [1.807, 2.05) is 0 Å². The minimum Gasteiger partial charge on any atom is -0.449 e. The highest BCUT2D eigenvalue weighted by atomic mass is 16.6. The second-order valence-corrected chi connectivity index (χ2v) is 7.85. The molecule has 0 saturated heterocycles. The maximum absolute atomic E-state index is 11.8. The number of carbonyl (C=O) groups excluding carboxylic acids is 2. The average molecular weight is 440 g/mol. The van der Waals surface area contributed by atoms with Crippen molar-refractivity contribution in [3.8, 4) is 11.8 Å². The Bertz CT molecular complexity index is 568. The molecule has 0 bridgehead atoms. The van der Waals surface area contributed by atoms with Gasteiger partial charge in [-0.3, -0.25) is 4.79 Å². The maximum atomic E-state index is 11.8. The maximum Gasteiger partial charge on any atom is 0.407 e. The SMILES string of the molecule is CC(=O)CCOCCOCCOCCOCCNC(=O)OCC1[C@H]2CCC#CCC[C@@H]12. The Labute approximate surface area is 185 Å². The summed E-state index contributed by atoms with van der Waals surface area (Å²) in [4.78, 5) is 22.5. The Hall–Kier alpha value is -1.66. The number of fused-ring (bicyclic) bond motifs is 1. The van der Waals surface area contributed by atoms with Crippen LogP contribution in [-0.4, -0.2) is 77.9 Å². The van der Waals surface area contributed by atoms with Crippen molar-refractivity contribution in [2.75, 3.05) is 66.0 Å². The first-order chi connectivity index (χ1) is 15.2. The molecule has 0 radical (unpaired) electrons. The van der Waals surface area contributed by atoms with E-state index in [9.17, 15) is 9.59 Å². The average Bonchev–Trinajstić information content (AvgIpc) is 3.38. The molecule has 1 N–H and O–H groups in total. The van der Waals surface area contributed by atoms with Crippen molar-refractivity contribution in [1.29, 1.82) is 0 Å². The highest BCUT2D eigenvalue weighted by Crippen LogP contribution is 2.52. The fraction of sp³-hybridized carbons (Fsp3) is 0.826. The van der Waals surface area contributed by atoms with Crippen LogP contribution in [0.25, 0.3) is 0 Å². The summed E-state index contributed by atoms with van der Waals surface area (Å²) < 4.78 is 26.8. The van der Waals surface area contributed by atoms with Gasteiger partial charge in [-0.15, -0.1) is 11.8 Å². The lowest BCUT2D eigenvalue weighted by molar-refractivity contribution is -0.118. The molecule has 2 rings (SSSR count). The summed E-state index contributed by atoms with van der Waals surface area (Å²) in [7, 11) is 0. The number of amides is 1. The Morgan fingerprint density at radius 1 is 0.806 bits per heavy atom. The Balaban J connectivity index is 1.29. The molecule has 1 unspecified atom stereocenters. The third-order valence-electron chi connectivity index (χ3n) is 5.48. The Kier molecular flexibility index (Phi) is 13.2. The third kappa shape index (κ3) is 12.1. The van der Waals surface area contributed by atoms with Gasteiger partial charge >= 0.3 is 6.09 Å². The molecule has 0 aromatic carbocycles. The molecule has 1 saturated carbocycles. The summed E-state index contributed by atoms with van der Waals surface area (Å²) >= 11 is 0. The monoisotopic (exact) mass is 439 g/mol. The molecule has 1 amide bonds. The van der Waals surface area contributed by atoms with Crippen LogP contribution in [0, 0.1) is 29.6 Å². The number of ketones is 1. The largest absolute Gasteiger partial charge is 0.449 e. The number of alkyl carbamates (subject to hydrolysis) is 1. The zero-order chi connectivity index (χ0) is 22.2. The highest BCUT2D eigenvalue weighted by Gasteiger charge is 2.49. The summed E-state index contributed by atoms with van der Waals surface area (Å²) in [5.41, 5.74) is 0. The molecule has 0 aromatic heterocycles. The molecule has 31 heavy (non-hydrogen) atoms. The van der Waals surface area contributed by atoms with Gasteiger partial charge in [-0.2, -0.15) is 0 Å². The van der Waals surface area contributed by atoms with Crippen LogP contribution in [0.15, 0.2) is 0 Å². The van der Waals surface area contributed by atoms with Crippen molar-refractivity contribution in [2.45, 2.75) is 39.0 Å². The number of hydrogen-bond acceptors (Lipinski definition) is 7. The summed E-state index contributed by atoms with van der Waals surface area (Å²) in [6.45, 7) is 6.17. The molecule has 3 atom stereocenters. The number of nitrogens with one attached hydrogen (secondary N) is 1. The minimum atomic E-state index is -0.377. The lowest BCUT2D eigenvalue weighted by atomic mass is 10.1. The third-order valence-corrected chi connectivity index (χ3v) is 5.48. The molecule has 0 aromatic rings. The van der Waals surface area contributed by atoms with E-state index < -0.39 is 0 Å². The molecule has 0 aliphatic heterocycles. The summed E-state index contributed by atoms with van der Waals surface area (Å²) in [6, 6.07) is 0.